The van der Waals surface area contributed by atoms with Gasteiger partial charge in [0, 0.05) is 6.54 Å². The minimum Gasteiger partial charge on any atom is -0.489 e. The van der Waals surface area contributed by atoms with E-state index in [4.69, 9.17) is 4.74 Å². The molecule has 2 N–H and O–H groups in total. The minimum absolute atomic E-state index is 0. The van der Waals surface area contributed by atoms with Gasteiger partial charge in [-0.2, -0.15) is 0 Å². The highest BCUT2D eigenvalue weighted by Gasteiger charge is 2.22. The molecule has 1 aliphatic rings. The number of ether oxygens (including phenoxy) is 1. The van der Waals surface area contributed by atoms with Crippen molar-refractivity contribution in [1.29, 1.82) is 0 Å². The molecule has 1 saturated heterocycles. The van der Waals surface area contributed by atoms with Crippen LogP contribution in [0.3, 0.4) is 0 Å². The van der Waals surface area contributed by atoms with Gasteiger partial charge in [0.2, 0.25) is 5.91 Å². The van der Waals surface area contributed by atoms with Crippen LogP contribution in [0.25, 0.3) is 0 Å². The average Bonchev–Trinajstić information content (AvgIpc) is 2.90. The van der Waals surface area contributed by atoms with E-state index in [1.165, 1.54) is 5.56 Å². The van der Waals surface area contributed by atoms with Crippen molar-refractivity contribution in [2.45, 2.75) is 26.4 Å². The number of rotatable bonds is 5. The Hall–Kier alpha value is -1.26. The largest absolute Gasteiger partial charge is 0.489 e. The molecular weight excluding hydrogens is 276 g/mol. The molecule has 20 heavy (non-hydrogen) atoms. The van der Waals surface area contributed by atoms with Gasteiger partial charge in [-0.1, -0.05) is 12.1 Å². The van der Waals surface area contributed by atoms with E-state index in [2.05, 4.69) is 10.6 Å². The standard InChI is InChI=1S/C15H22N2O2.ClH/c1-11-4-3-5-14(8-11)19-12(2)9-17-15(18)13-6-7-16-10-13;/h3-5,8,12-13,16H,6-7,9-10H2,1-2H3,(H,17,18);1H. The van der Waals surface area contributed by atoms with Gasteiger partial charge in [-0.3, -0.25) is 4.79 Å². The van der Waals surface area contributed by atoms with E-state index in [1.807, 2.05) is 38.1 Å². The number of nitrogens with one attached hydrogen (secondary N) is 2. The smallest absolute Gasteiger partial charge is 0.224 e. The van der Waals surface area contributed by atoms with Crippen molar-refractivity contribution in [3.63, 3.8) is 0 Å². The van der Waals surface area contributed by atoms with Gasteiger partial charge in [0.25, 0.3) is 0 Å². The number of carbonyl (C=O) groups excluding carboxylic acids is 1. The van der Waals surface area contributed by atoms with Gasteiger partial charge in [0.05, 0.1) is 12.5 Å². The third-order valence-corrected chi connectivity index (χ3v) is 3.32. The fourth-order valence-corrected chi connectivity index (χ4v) is 2.23. The topological polar surface area (TPSA) is 50.4 Å². The van der Waals surface area contributed by atoms with E-state index in [0.29, 0.717) is 6.54 Å². The third-order valence-electron chi connectivity index (χ3n) is 3.32. The highest BCUT2D eigenvalue weighted by molar-refractivity contribution is 5.85. The van der Waals surface area contributed by atoms with Gasteiger partial charge in [-0.05, 0) is 44.5 Å². The quantitative estimate of drug-likeness (QED) is 0.873. The van der Waals surface area contributed by atoms with Crippen molar-refractivity contribution in [3.05, 3.63) is 29.8 Å². The molecule has 1 aromatic rings. The summed E-state index contributed by atoms with van der Waals surface area (Å²) in [4.78, 5) is 11.8. The molecule has 0 saturated carbocycles. The Kier molecular flexibility index (Phi) is 6.82. The lowest BCUT2D eigenvalue weighted by atomic mass is 10.1. The van der Waals surface area contributed by atoms with Crippen LogP contribution in [0.15, 0.2) is 24.3 Å². The SMILES string of the molecule is Cc1cccc(OC(C)CNC(=O)C2CCNC2)c1.Cl. The van der Waals surface area contributed by atoms with Crippen molar-refractivity contribution in [2.24, 2.45) is 5.92 Å². The van der Waals surface area contributed by atoms with E-state index >= 15 is 0 Å². The maximum absolute atomic E-state index is 11.8. The number of carbonyl (C=O) groups is 1. The molecule has 2 unspecified atom stereocenters. The summed E-state index contributed by atoms with van der Waals surface area (Å²) >= 11 is 0. The number of hydrogen-bond acceptors (Lipinski definition) is 3. The molecule has 1 aromatic carbocycles. The van der Waals surface area contributed by atoms with E-state index in [9.17, 15) is 4.79 Å². The second-order valence-electron chi connectivity index (χ2n) is 5.18. The first kappa shape index (κ1) is 16.8. The summed E-state index contributed by atoms with van der Waals surface area (Å²) in [5, 5.41) is 6.15. The molecule has 2 atom stereocenters. The minimum atomic E-state index is -0.0277. The molecule has 0 aromatic heterocycles. The molecule has 1 amide bonds. The number of hydrogen-bond donors (Lipinski definition) is 2. The van der Waals surface area contributed by atoms with E-state index in [-0.39, 0.29) is 30.3 Å². The predicted molar refractivity (Wildman–Crippen MR) is 82.5 cm³/mol. The van der Waals surface area contributed by atoms with Crippen LogP contribution in [0.5, 0.6) is 5.75 Å². The molecule has 112 valence electrons. The number of halogens is 1. The average molecular weight is 299 g/mol. The van der Waals surface area contributed by atoms with Gasteiger partial charge in [0.1, 0.15) is 11.9 Å². The van der Waals surface area contributed by atoms with Crippen LogP contribution in [0.4, 0.5) is 0 Å². The second-order valence-corrected chi connectivity index (χ2v) is 5.18. The number of benzene rings is 1. The summed E-state index contributed by atoms with van der Waals surface area (Å²) in [5.74, 6) is 1.10. The van der Waals surface area contributed by atoms with Crippen LogP contribution in [0.1, 0.15) is 18.9 Å². The highest BCUT2D eigenvalue weighted by Crippen LogP contribution is 2.14. The zero-order chi connectivity index (χ0) is 13.7. The van der Waals surface area contributed by atoms with Gasteiger partial charge in [-0.25, -0.2) is 0 Å². The van der Waals surface area contributed by atoms with Crippen LogP contribution in [0, 0.1) is 12.8 Å². The zero-order valence-corrected chi connectivity index (χ0v) is 12.8. The van der Waals surface area contributed by atoms with Crippen molar-refractivity contribution < 1.29 is 9.53 Å². The Bertz CT molecular complexity index is 434. The van der Waals surface area contributed by atoms with E-state index in [1.54, 1.807) is 0 Å². The third kappa shape index (κ3) is 5.02. The van der Waals surface area contributed by atoms with Gasteiger partial charge in [-0.15, -0.1) is 12.4 Å². The maximum Gasteiger partial charge on any atom is 0.224 e. The van der Waals surface area contributed by atoms with Crippen LogP contribution in [-0.2, 0) is 4.79 Å². The first-order valence-corrected chi connectivity index (χ1v) is 6.87. The zero-order valence-electron chi connectivity index (χ0n) is 12.0. The van der Waals surface area contributed by atoms with Gasteiger partial charge >= 0.3 is 0 Å². The molecule has 1 heterocycles. The summed E-state index contributed by atoms with van der Waals surface area (Å²) in [6, 6.07) is 7.94. The molecule has 2 rings (SSSR count). The molecule has 0 aliphatic carbocycles. The summed E-state index contributed by atoms with van der Waals surface area (Å²) in [7, 11) is 0. The molecule has 4 nitrogen and oxygen atoms in total. The Labute approximate surface area is 126 Å². The summed E-state index contributed by atoms with van der Waals surface area (Å²) < 4.78 is 5.78. The summed E-state index contributed by atoms with van der Waals surface area (Å²) in [5.41, 5.74) is 1.17. The van der Waals surface area contributed by atoms with Crippen LogP contribution in [0.2, 0.25) is 0 Å². The predicted octanol–water partition coefficient (Wildman–Crippen LogP) is 1.91. The lowest BCUT2D eigenvalue weighted by Crippen LogP contribution is -2.38. The van der Waals surface area contributed by atoms with Gasteiger partial charge < -0.3 is 15.4 Å². The summed E-state index contributed by atoms with van der Waals surface area (Å²) in [6.07, 6.45) is 0.902. The summed E-state index contributed by atoms with van der Waals surface area (Å²) in [6.45, 7) is 6.28. The van der Waals surface area contributed by atoms with Crippen LogP contribution in [-0.4, -0.2) is 31.6 Å². The van der Waals surface area contributed by atoms with Crippen LogP contribution < -0.4 is 15.4 Å². The highest BCUT2D eigenvalue weighted by atomic mass is 35.5. The van der Waals surface area contributed by atoms with Crippen molar-refractivity contribution >= 4 is 18.3 Å². The van der Waals surface area contributed by atoms with Crippen molar-refractivity contribution in [2.75, 3.05) is 19.6 Å². The molecule has 1 fully saturated rings. The molecule has 5 heteroatoms. The van der Waals surface area contributed by atoms with Crippen molar-refractivity contribution in [3.8, 4) is 5.75 Å². The second kappa shape index (κ2) is 8.12. The molecule has 0 bridgehead atoms. The van der Waals surface area contributed by atoms with Gasteiger partial charge in [0.15, 0.2) is 0 Å². The van der Waals surface area contributed by atoms with Crippen LogP contribution >= 0.6 is 12.4 Å². The Morgan fingerprint density at radius 1 is 1.55 bits per heavy atom. The molecular formula is C15H23ClN2O2. The molecule has 0 spiro atoms. The Morgan fingerprint density at radius 2 is 2.35 bits per heavy atom. The van der Waals surface area contributed by atoms with Crippen molar-refractivity contribution in [1.82, 2.24) is 10.6 Å². The fraction of sp³-hybridized carbons (Fsp3) is 0.533. The van der Waals surface area contributed by atoms with E-state index in [0.717, 1.165) is 25.3 Å². The Morgan fingerprint density at radius 3 is 3.00 bits per heavy atom. The normalized spacial score (nSPS) is 19.0. The fourth-order valence-electron chi connectivity index (χ4n) is 2.23. The Balaban J connectivity index is 0.00000200. The number of amides is 1. The van der Waals surface area contributed by atoms with E-state index < -0.39 is 0 Å². The lowest BCUT2D eigenvalue weighted by Gasteiger charge is -2.17. The lowest BCUT2D eigenvalue weighted by molar-refractivity contribution is -0.124. The first-order chi connectivity index (χ1) is 9.15. The number of aryl methyl sites for hydroxylation is 1. The molecule has 1 aliphatic heterocycles. The first-order valence-electron chi connectivity index (χ1n) is 6.87. The maximum atomic E-state index is 11.8. The molecule has 0 radical (unpaired) electrons. The monoisotopic (exact) mass is 298 g/mol.